The van der Waals surface area contributed by atoms with Crippen molar-refractivity contribution >= 4 is 11.9 Å². The highest BCUT2D eigenvalue weighted by molar-refractivity contribution is 5.89. The van der Waals surface area contributed by atoms with Crippen LogP contribution in [-0.4, -0.2) is 36.2 Å². The lowest BCUT2D eigenvalue weighted by atomic mass is 9.93. The molecule has 96 valence electrons. The van der Waals surface area contributed by atoms with Gasteiger partial charge in [0.2, 0.25) is 5.91 Å². The summed E-state index contributed by atoms with van der Waals surface area (Å²) < 4.78 is 5.27. The molecule has 17 heavy (non-hydrogen) atoms. The third kappa shape index (κ3) is 2.97. The van der Waals surface area contributed by atoms with Gasteiger partial charge in [-0.3, -0.25) is 9.59 Å². The fourth-order valence-electron chi connectivity index (χ4n) is 2.42. The summed E-state index contributed by atoms with van der Waals surface area (Å²) in [6.45, 7) is 3.50. The molecular formula is C12H19NO4. The molecule has 0 aromatic carbocycles. The Morgan fingerprint density at radius 2 is 1.94 bits per heavy atom. The fourth-order valence-corrected chi connectivity index (χ4v) is 2.42. The predicted octanol–water partition coefficient (Wildman–Crippen LogP) is 0.638. The standard InChI is InChI=1S/C12H19NO4/c1-7(8-2-4-17-5-3-8)13-11(14)9-6-10(9)12(15)16/h7-10H,2-6H2,1H3,(H,13,14)(H,15,16). The van der Waals surface area contributed by atoms with Crippen LogP contribution in [0.5, 0.6) is 0 Å². The Kier molecular flexibility index (Phi) is 3.66. The Morgan fingerprint density at radius 3 is 2.47 bits per heavy atom. The topological polar surface area (TPSA) is 75.6 Å². The molecule has 1 saturated carbocycles. The summed E-state index contributed by atoms with van der Waals surface area (Å²) in [7, 11) is 0. The van der Waals surface area contributed by atoms with E-state index in [4.69, 9.17) is 9.84 Å². The van der Waals surface area contributed by atoms with E-state index in [0.29, 0.717) is 12.3 Å². The molecule has 1 saturated heterocycles. The van der Waals surface area contributed by atoms with Crippen LogP contribution in [0.2, 0.25) is 0 Å². The SMILES string of the molecule is CC(NC(=O)C1CC1C(=O)O)C1CCOCC1. The van der Waals surface area contributed by atoms with E-state index in [-0.39, 0.29) is 17.9 Å². The third-order valence-electron chi connectivity index (χ3n) is 3.79. The predicted molar refractivity (Wildman–Crippen MR) is 60.4 cm³/mol. The number of rotatable bonds is 4. The monoisotopic (exact) mass is 241 g/mol. The number of amides is 1. The smallest absolute Gasteiger partial charge is 0.307 e. The van der Waals surface area contributed by atoms with Crippen molar-refractivity contribution in [3.63, 3.8) is 0 Å². The summed E-state index contributed by atoms with van der Waals surface area (Å²) in [5.41, 5.74) is 0. The van der Waals surface area contributed by atoms with Gasteiger partial charge in [0.1, 0.15) is 0 Å². The van der Waals surface area contributed by atoms with Crippen molar-refractivity contribution < 1.29 is 19.4 Å². The lowest BCUT2D eigenvalue weighted by Crippen LogP contribution is -2.41. The highest BCUT2D eigenvalue weighted by Gasteiger charge is 2.48. The normalized spacial score (nSPS) is 30.6. The lowest BCUT2D eigenvalue weighted by Gasteiger charge is -2.28. The molecular weight excluding hydrogens is 222 g/mol. The van der Waals surface area contributed by atoms with Crippen LogP contribution in [0.25, 0.3) is 0 Å². The van der Waals surface area contributed by atoms with Gasteiger partial charge < -0.3 is 15.2 Å². The van der Waals surface area contributed by atoms with Gasteiger partial charge in [-0.25, -0.2) is 0 Å². The van der Waals surface area contributed by atoms with E-state index < -0.39 is 11.9 Å². The molecule has 0 aromatic rings. The summed E-state index contributed by atoms with van der Waals surface area (Å²) in [6.07, 6.45) is 2.42. The zero-order valence-corrected chi connectivity index (χ0v) is 10.0. The number of aliphatic carboxylic acids is 1. The molecule has 2 rings (SSSR count). The second kappa shape index (κ2) is 5.04. The molecule has 5 heteroatoms. The van der Waals surface area contributed by atoms with E-state index in [9.17, 15) is 9.59 Å². The van der Waals surface area contributed by atoms with E-state index in [1.54, 1.807) is 0 Å². The minimum absolute atomic E-state index is 0.101. The molecule has 1 heterocycles. The molecule has 1 aliphatic heterocycles. The second-order valence-electron chi connectivity index (χ2n) is 5.03. The molecule has 3 unspecified atom stereocenters. The zero-order chi connectivity index (χ0) is 12.4. The Balaban J connectivity index is 1.76. The van der Waals surface area contributed by atoms with E-state index in [2.05, 4.69) is 5.32 Å². The van der Waals surface area contributed by atoms with Gasteiger partial charge in [0.15, 0.2) is 0 Å². The van der Waals surface area contributed by atoms with Gasteiger partial charge >= 0.3 is 5.97 Å². The van der Waals surface area contributed by atoms with Crippen LogP contribution in [0.1, 0.15) is 26.2 Å². The first-order valence-corrected chi connectivity index (χ1v) is 6.20. The van der Waals surface area contributed by atoms with Crippen molar-refractivity contribution in [1.82, 2.24) is 5.32 Å². The minimum Gasteiger partial charge on any atom is -0.481 e. The fraction of sp³-hybridized carbons (Fsp3) is 0.833. The highest BCUT2D eigenvalue weighted by Crippen LogP contribution is 2.38. The summed E-state index contributed by atoms with van der Waals surface area (Å²) in [5, 5.41) is 11.7. The largest absolute Gasteiger partial charge is 0.481 e. The van der Waals surface area contributed by atoms with Crippen LogP contribution < -0.4 is 5.32 Å². The number of nitrogens with one attached hydrogen (secondary N) is 1. The number of carboxylic acids is 1. The quantitative estimate of drug-likeness (QED) is 0.757. The molecule has 1 amide bonds. The molecule has 2 fully saturated rings. The number of hydrogen-bond acceptors (Lipinski definition) is 3. The first-order chi connectivity index (χ1) is 8.09. The van der Waals surface area contributed by atoms with Crippen molar-refractivity contribution in [3.8, 4) is 0 Å². The first kappa shape index (κ1) is 12.4. The van der Waals surface area contributed by atoms with Crippen molar-refractivity contribution in [2.75, 3.05) is 13.2 Å². The Labute approximate surface area is 101 Å². The van der Waals surface area contributed by atoms with Crippen LogP contribution in [0.4, 0.5) is 0 Å². The maximum absolute atomic E-state index is 11.8. The summed E-state index contributed by atoms with van der Waals surface area (Å²) >= 11 is 0. The van der Waals surface area contributed by atoms with Gasteiger partial charge in [-0.15, -0.1) is 0 Å². The Morgan fingerprint density at radius 1 is 1.29 bits per heavy atom. The van der Waals surface area contributed by atoms with Crippen LogP contribution in [0.3, 0.4) is 0 Å². The van der Waals surface area contributed by atoms with Gasteiger partial charge in [0, 0.05) is 19.3 Å². The van der Waals surface area contributed by atoms with Gasteiger partial charge in [-0.1, -0.05) is 0 Å². The lowest BCUT2D eigenvalue weighted by molar-refractivity contribution is -0.140. The van der Waals surface area contributed by atoms with Crippen molar-refractivity contribution in [2.45, 2.75) is 32.2 Å². The van der Waals surface area contributed by atoms with E-state index >= 15 is 0 Å². The molecule has 2 N–H and O–H groups in total. The van der Waals surface area contributed by atoms with E-state index in [1.165, 1.54) is 0 Å². The van der Waals surface area contributed by atoms with Crippen LogP contribution in [-0.2, 0) is 14.3 Å². The Bertz CT molecular complexity index is 312. The third-order valence-corrected chi connectivity index (χ3v) is 3.79. The second-order valence-corrected chi connectivity index (χ2v) is 5.03. The zero-order valence-electron chi connectivity index (χ0n) is 10.0. The van der Waals surface area contributed by atoms with Gasteiger partial charge in [0.05, 0.1) is 11.8 Å². The number of carbonyl (C=O) groups excluding carboxylic acids is 1. The molecule has 1 aliphatic carbocycles. The van der Waals surface area contributed by atoms with Gasteiger partial charge in [-0.05, 0) is 32.1 Å². The van der Waals surface area contributed by atoms with Crippen molar-refractivity contribution in [2.24, 2.45) is 17.8 Å². The van der Waals surface area contributed by atoms with E-state index in [1.807, 2.05) is 6.92 Å². The van der Waals surface area contributed by atoms with Crippen LogP contribution >= 0.6 is 0 Å². The average Bonchev–Trinajstić information content (AvgIpc) is 3.10. The van der Waals surface area contributed by atoms with E-state index in [0.717, 1.165) is 26.1 Å². The van der Waals surface area contributed by atoms with Crippen molar-refractivity contribution in [1.29, 1.82) is 0 Å². The molecule has 0 spiro atoms. The van der Waals surface area contributed by atoms with Crippen molar-refractivity contribution in [3.05, 3.63) is 0 Å². The van der Waals surface area contributed by atoms with Crippen LogP contribution in [0.15, 0.2) is 0 Å². The number of carbonyl (C=O) groups is 2. The minimum atomic E-state index is -0.858. The Hall–Kier alpha value is -1.10. The molecule has 0 bridgehead atoms. The summed E-state index contributed by atoms with van der Waals surface area (Å²) in [6, 6.07) is 0.112. The maximum atomic E-state index is 11.8. The summed E-state index contributed by atoms with van der Waals surface area (Å²) in [4.78, 5) is 22.4. The summed E-state index contributed by atoms with van der Waals surface area (Å²) in [5.74, 6) is -1.28. The number of hydrogen-bond donors (Lipinski definition) is 2. The molecule has 3 atom stereocenters. The molecule has 0 radical (unpaired) electrons. The van der Waals surface area contributed by atoms with Gasteiger partial charge in [0.25, 0.3) is 0 Å². The maximum Gasteiger partial charge on any atom is 0.307 e. The first-order valence-electron chi connectivity index (χ1n) is 6.20. The molecule has 0 aromatic heterocycles. The van der Waals surface area contributed by atoms with Crippen LogP contribution in [0, 0.1) is 17.8 Å². The van der Waals surface area contributed by atoms with Gasteiger partial charge in [-0.2, -0.15) is 0 Å². The number of ether oxygens (including phenoxy) is 1. The average molecular weight is 241 g/mol. The highest BCUT2D eigenvalue weighted by atomic mass is 16.5. The number of carboxylic acid groups (broad SMARTS) is 1. The molecule has 2 aliphatic rings. The molecule has 5 nitrogen and oxygen atoms in total.